The van der Waals surface area contributed by atoms with Crippen LogP contribution >= 0.6 is 34.5 Å². The van der Waals surface area contributed by atoms with Gasteiger partial charge in [0.25, 0.3) is 0 Å². The van der Waals surface area contributed by atoms with E-state index in [1.807, 2.05) is 18.2 Å². The zero-order valence-corrected chi connectivity index (χ0v) is 16.1. The standard InChI is InChI=1S/C18H16Cl2N4OS/c19-14-11(2-1-3-12(14)21)15-16(13-4-7-22-18(20)23-13)26-17(24-15)10-5-8-25-9-6-10/h1-4,7,10H,5-6,8-9,21H2. The maximum atomic E-state index is 6.47. The molecule has 0 bridgehead atoms. The first-order chi connectivity index (χ1) is 12.6. The maximum absolute atomic E-state index is 6.47. The third kappa shape index (κ3) is 3.42. The van der Waals surface area contributed by atoms with Gasteiger partial charge in [0, 0.05) is 30.9 Å². The summed E-state index contributed by atoms with van der Waals surface area (Å²) in [5, 5.41) is 1.76. The van der Waals surface area contributed by atoms with Crippen LogP contribution in [0.4, 0.5) is 5.69 Å². The minimum absolute atomic E-state index is 0.202. The van der Waals surface area contributed by atoms with Crippen LogP contribution in [0.5, 0.6) is 0 Å². The summed E-state index contributed by atoms with van der Waals surface area (Å²) in [5.41, 5.74) is 8.83. The predicted molar refractivity (Wildman–Crippen MR) is 106 cm³/mol. The molecule has 2 aromatic heterocycles. The van der Waals surface area contributed by atoms with Crippen molar-refractivity contribution in [1.29, 1.82) is 0 Å². The van der Waals surface area contributed by atoms with Gasteiger partial charge in [-0.2, -0.15) is 0 Å². The van der Waals surface area contributed by atoms with Crippen LogP contribution in [0.1, 0.15) is 23.8 Å². The van der Waals surface area contributed by atoms with Gasteiger partial charge in [0.2, 0.25) is 5.28 Å². The summed E-state index contributed by atoms with van der Waals surface area (Å²) in [6, 6.07) is 7.41. The number of hydrogen-bond donors (Lipinski definition) is 1. The number of rotatable bonds is 3. The summed E-state index contributed by atoms with van der Waals surface area (Å²) in [5.74, 6) is 0.374. The number of ether oxygens (including phenoxy) is 1. The van der Waals surface area contributed by atoms with E-state index in [0.717, 1.165) is 52.9 Å². The number of aromatic nitrogens is 3. The number of hydrogen-bond acceptors (Lipinski definition) is 6. The molecule has 1 aliphatic rings. The Morgan fingerprint density at radius 2 is 1.92 bits per heavy atom. The molecule has 0 aliphatic carbocycles. The number of thiazole rings is 1. The van der Waals surface area contributed by atoms with Crippen LogP contribution in [0.3, 0.4) is 0 Å². The first-order valence-electron chi connectivity index (χ1n) is 8.25. The molecule has 3 aromatic rings. The van der Waals surface area contributed by atoms with E-state index in [2.05, 4.69) is 9.97 Å². The number of anilines is 1. The molecule has 0 unspecified atom stereocenters. The fourth-order valence-corrected chi connectivity index (χ4v) is 4.59. The third-order valence-electron chi connectivity index (χ3n) is 4.36. The van der Waals surface area contributed by atoms with Gasteiger partial charge in [-0.15, -0.1) is 11.3 Å². The number of nitrogens with two attached hydrogens (primary N) is 1. The van der Waals surface area contributed by atoms with Gasteiger partial charge in [-0.25, -0.2) is 15.0 Å². The quantitative estimate of drug-likeness (QED) is 0.486. The van der Waals surface area contributed by atoms with Crippen molar-refractivity contribution in [3.8, 4) is 21.8 Å². The van der Waals surface area contributed by atoms with E-state index >= 15 is 0 Å². The van der Waals surface area contributed by atoms with Gasteiger partial charge in [-0.05, 0) is 36.6 Å². The van der Waals surface area contributed by atoms with Crippen molar-refractivity contribution in [2.24, 2.45) is 0 Å². The Hall–Kier alpha value is -1.73. The molecule has 5 nitrogen and oxygen atoms in total. The summed E-state index contributed by atoms with van der Waals surface area (Å²) in [4.78, 5) is 14.2. The van der Waals surface area contributed by atoms with E-state index in [0.29, 0.717) is 16.6 Å². The molecule has 134 valence electrons. The second kappa shape index (κ2) is 7.48. The monoisotopic (exact) mass is 406 g/mol. The largest absolute Gasteiger partial charge is 0.398 e. The molecule has 0 saturated carbocycles. The Balaban J connectivity index is 1.87. The van der Waals surface area contributed by atoms with Crippen LogP contribution in [0.25, 0.3) is 21.8 Å². The average molecular weight is 407 g/mol. The average Bonchev–Trinajstić information content (AvgIpc) is 3.10. The van der Waals surface area contributed by atoms with Crippen molar-refractivity contribution in [2.45, 2.75) is 18.8 Å². The molecule has 0 spiro atoms. The summed E-state index contributed by atoms with van der Waals surface area (Å²) in [7, 11) is 0. The molecular weight excluding hydrogens is 391 g/mol. The molecular formula is C18H16Cl2N4OS. The van der Waals surface area contributed by atoms with E-state index in [9.17, 15) is 0 Å². The molecule has 0 radical (unpaired) electrons. The van der Waals surface area contributed by atoms with Crippen molar-refractivity contribution in [2.75, 3.05) is 18.9 Å². The number of nitrogen functional groups attached to an aromatic ring is 1. The highest BCUT2D eigenvalue weighted by molar-refractivity contribution is 7.15. The number of benzene rings is 1. The lowest BCUT2D eigenvalue weighted by Gasteiger charge is -2.19. The minimum Gasteiger partial charge on any atom is -0.398 e. The SMILES string of the molecule is Nc1cccc(-c2nc(C3CCOCC3)sc2-c2ccnc(Cl)n2)c1Cl. The summed E-state index contributed by atoms with van der Waals surface area (Å²) < 4.78 is 5.48. The summed E-state index contributed by atoms with van der Waals surface area (Å²) in [6.07, 6.45) is 3.56. The highest BCUT2D eigenvalue weighted by Crippen LogP contribution is 2.43. The lowest BCUT2D eigenvalue weighted by Crippen LogP contribution is -2.13. The van der Waals surface area contributed by atoms with Gasteiger partial charge < -0.3 is 10.5 Å². The lowest BCUT2D eigenvalue weighted by atomic mass is 10.0. The van der Waals surface area contributed by atoms with E-state index in [1.165, 1.54) is 0 Å². The van der Waals surface area contributed by atoms with Crippen molar-refractivity contribution in [3.05, 3.63) is 45.8 Å². The van der Waals surface area contributed by atoms with E-state index < -0.39 is 0 Å². The van der Waals surface area contributed by atoms with Crippen molar-refractivity contribution >= 4 is 40.2 Å². The van der Waals surface area contributed by atoms with Crippen LogP contribution in [-0.2, 0) is 4.74 Å². The normalized spacial score (nSPS) is 15.3. The Bertz CT molecular complexity index is 941. The van der Waals surface area contributed by atoms with Crippen molar-refractivity contribution in [1.82, 2.24) is 15.0 Å². The molecule has 26 heavy (non-hydrogen) atoms. The topological polar surface area (TPSA) is 73.9 Å². The second-order valence-electron chi connectivity index (χ2n) is 6.04. The summed E-state index contributed by atoms with van der Waals surface area (Å²) in [6.45, 7) is 1.51. The van der Waals surface area contributed by atoms with Gasteiger partial charge in [0.15, 0.2) is 0 Å². The van der Waals surface area contributed by atoms with Crippen LogP contribution < -0.4 is 5.73 Å². The Labute approximate surface area is 165 Å². The van der Waals surface area contributed by atoms with Gasteiger partial charge in [-0.1, -0.05) is 23.7 Å². The van der Waals surface area contributed by atoms with E-state index in [4.69, 9.17) is 38.7 Å². The third-order valence-corrected chi connectivity index (χ3v) is 6.20. The Kier molecular flexibility index (Phi) is 5.09. The van der Waals surface area contributed by atoms with E-state index in [1.54, 1.807) is 23.6 Å². The highest BCUT2D eigenvalue weighted by atomic mass is 35.5. The van der Waals surface area contributed by atoms with Gasteiger partial charge in [0.1, 0.15) is 0 Å². The molecule has 0 amide bonds. The number of halogens is 2. The molecule has 1 fully saturated rings. The molecule has 1 aliphatic heterocycles. The minimum atomic E-state index is 0.202. The van der Waals surface area contributed by atoms with Crippen molar-refractivity contribution < 1.29 is 4.74 Å². The molecule has 4 rings (SSSR count). The van der Waals surface area contributed by atoms with Crippen LogP contribution in [0.2, 0.25) is 10.3 Å². The highest BCUT2D eigenvalue weighted by Gasteiger charge is 2.25. The first kappa shape index (κ1) is 17.7. The van der Waals surface area contributed by atoms with Crippen molar-refractivity contribution in [3.63, 3.8) is 0 Å². The van der Waals surface area contributed by atoms with E-state index in [-0.39, 0.29) is 5.28 Å². The molecule has 3 heterocycles. The molecule has 1 saturated heterocycles. The predicted octanol–water partition coefficient (Wildman–Crippen LogP) is 5.05. The summed E-state index contributed by atoms with van der Waals surface area (Å²) >= 11 is 14.1. The van der Waals surface area contributed by atoms with Gasteiger partial charge in [-0.3, -0.25) is 0 Å². The smallest absolute Gasteiger partial charge is 0.222 e. The number of nitrogens with zero attached hydrogens (tertiary/aromatic N) is 3. The zero-order valence-electron chi connectivity index (χ0n) is 13.8. The van der Waals surface area contributed by atoms with Crippen LogP contribution in [-0.4, -0.2) is 28.2 Å². The van der Waals surface area contributed by atoms with Gasteiger partial charge >= 0.3 is 0 Å². The molecule has 8 heteroatoms. The second-order valence-corrected chi connectivity index (χ2v) is 7.78. The maximum Gasteiger partial charge on any atom is 0.222 e. The van der Waals surface area contributed by atoms with Crippen LogP contribution in [0.15, 0.2) is 30.5 Å². The van der Waals surface area contributed by atoms with Gasteiger partial charge in [0.05, 0.1) is 32.0 Å². The molecule has 0 atom stereocenters. The Morgan fingerprint density at radius 1 is 1.12 bits per heavy atom. The molecule has 2 N–H and O–H groups in total. The fourth-order valence-electron chi connectivity index (χ4n) is 3.01. The Morgan fingerprint density at radius 3 is 2.69 bits per heavy atom. The van der Waals surface area contributed by atoms with Crippen LogP contribution in [0, 0.1) is 0 Å². The zero-order chi connectivity index (χ0) is 18.1. The molecule has 1 aromatic carbocycles. The first-order valence-corrected chi connectivity index (χ1v) is 9.82. The fraction of sp³-hybridized carbons (Fsp3) is 0.278. The lowest BCUT2D eigenvalue weighted by molar-refractivity contribution is 0.0853.